The lowest BCUT2D eigenvalue weighted by molar-refractivity contribution is 0.321. The number of oxime groups is 1. The highest BCUT2D eigenvalue weighted by atomic mass is 16.4. The van der Waals surface area contributed by atoms with E-state index in [0.717, 1.165) is 0 Å². The van der Waals surface area contributed by atoms with Crippen molar-refractivity contribution in [2.75, 3.05) is 0 Å². The number of phenols is 1. The van der Waals surface area contributed by atoms with Crippen LogP contribution >= 0.6 is 0 Å². The summed E-state index contributed by atoms with van der Waals surface area (Å²) in [5.74, 6) is 0.111. The Kier molecular flexibility index (Phi) is 5.43. The first kappa shape index (κ1) is 10.5. The Bertz CT molecular complexity index is 246. The first-order chi connectivity index (χ1) is 5.84. The van der Waals surface area contributed by atoms with Gasteiger partial charge in [-0.25, -0.2) is 0 Å². The summed E-state index contributed by atoms with van der Waals surface area (Å²) in [4.78, 5) is 0. The average molecular weight is 167 g/mol. The molecule has 12 heavy (non-hydrogen) atoms. The van der Waals surface area contributed by atoms with Gasteiger partial charge in [0.25, 0.3) is 0 Å². The molecule has 1 aromatic carbocycles. The maximum absolute atomic E-state index is 9.04. The smallest absolute Gasteiger partial charge is 0.124 e. The van der Waals surface area contributed by atoms with Gasteiger partial charge in [-0.15, -0.1) is 0 Å². The Hall–Kier alpha value is -1.51. The highest BCUT2D eigenvalue weighted by molar-refractivity contribution is 5.82. The van der Waals surface area contributed by atoms with Crippen LogP contribution < -0.4 is 0 Å². The minimum Gasteiger partial charge on any atom is -0.507 e. The van der Waals surface area contributed by atoms with Gasteiger partial charge in [-0.3, -0.25) is 0 Å². The number of nitrogens with zero attached hydrogens (tertiary/aromatic N) is 1. The molecule has 0 fully saturated rings. The lowest BCUT2D eigenvalue weighted by Crippen LogP contribution is -1.79. The normalized spacial score (nSPS) is 9.17. The molecule has 0 aliphatic rings. The summed E-state index contributed by atoms with van der Waals surface area (Å²) in [5.41, 5.74) is 0.505. The molecule has 1 rings (SSSR count). The van der Waals surface area contributed by atoms with E-state index in [1.165, 1.54) is 12.3 Å². The van der Waals surface area contributed by atoms with Crippen molar-refractivity contribution < 1.29 is 10.3 Å². The summed E-state index contributed by atoms with van der Waals surface area (Å²) < 4.78 is 0. The lowest BCUT2D eigenvalue weighted by atomic mass is 10.2. The number of aromatic hydroxyl groups is 1. The van der Waals surface area contributed by atoms with Gasteiger partial charge in [0.05, 0.1) is 6.21 Å². The zero-order valence-corrected chi connectivity index (χ0v) is 7.23. The van der Waals surface area contributed by atoms with Crippen molar-refractivity contribution in [2.24, 2.45) is 5.16 Å². The third-order valence-electron chi connectivity index (χ3n) is 1.13. The van der Waals surface area contributed by atoms with Crippen LogP contribution in [0.4, 0.5) is 0 Å². The summed E-state index contributed by atoms with van der Waals surface area (Å²) >= 11 is 0. The fourth-order valence-electron chi connectivity index (χ4n) is 0.659. The molecule has 0 aliphatic heterocycles. The summed E-state index contributed by atoms with van der Waals surface area (Å²) in [5, 5.41) is 19.9. The van der Waals surface area contributed by atoms with Crippen LogP contribution in [0.2, 0.25) is 0 Å². The van der Waals surface area contributed by atoms with E-state index in [-0.39, 0.29) is 5.75 Å². The molecule has 0 radical (unpaired) electrons. The molecule has 0 amide bonds. The Balaban J connectivity index is 0.000000561. The van der Waals surface area contributed by atoms with Gasteiger partial charge in [-0.2, -0.15) is 0 Å². The molecular formula is C9H13NO2. The molecule has 0 atom stereocenters. The quantitative estimate of drug-likeness (QED) is 0.383. The molecule has 0 spiro atoms. The Labute approximate surface area is 72.0 Å². The van der Waals surface area contributed by atoms with Gasteiger partial charge < -0.3 is 10.3 Å². The standard InChI is InChI=1S/C7H7NO2.C2H6/c9-7-4-2-1-3-6(7)5-8-10;1-2/h1-5,9-10H;1-2H3/b8-5-;. The molecule has 0 aromatic heterocycles. The third kappa shape index (κ3) is 3.05. The Morgan fingerprint density at radius 3 is 2.33 bits per heavy atom. The van der Waals surface area contributed by atoms with E-state index in [4.69, 9.17) is 10.3 Å². The van der Waals surface area contributed by atoms with E-state index in [2.05, 4.69) is 5.16 Å². The molecule has 0 heterocycles. The summed E-state index contributed by atoms with van der Waals surface area (Å²) in [6.07, 6.45) is 1.18. The largest absolute Gasteiger partial charge is 0.507 e. The van der Waals surface area contributed by atoms with E-state index in [1.54, 1.807) is 18.2 Å². The van der Waals surface area contributed by atoms with Crippen LogP contribution in [0.3, 0.4) is 0 Å². The molecule has 3 heteroatoms. The molecule has 0 saturated carbocycles. The van der Waals surface area contributed by atoms with Crippen LogP contribution in [0.1, 0.15) is 19.4 Å². The van der Waals surface area contributed by atoms with E-state index in [9.17, 15) is 0 Å². The first-order valence-corrected chi connectivity index (χ1v) is 3.80. The third-order valence-corrected chi connectivity index (χ3v) is 1.13. The topological polar surface area (TPSA) is 52.8 Å². The summed E-state index contributed by atoms with van der Waals surface area (Å²) in [6, 6.07) is 6.62. The predicted octanol–water partition coefficient (Wildman–Crippen LogP) is 2.23. The zero-order valence-electron chi connectivity index (χ0n) is 7.23. The molecule has 2 N–H and O–H groups in total. The molecule has 1 aromatic rings. The molecular weight excluding hydrogens is 154 g/mol. The molecule has 0 bridgehead atoms. The lowest BCUT2D eigenvalue weighted by Gasteiger charge is -1.93. The van der Waals surface area contributed by atoms with Crippen molar-refractivity contribution in [1.29, 1.82) is 0 Å². The van der Waals surface area contributed by atoms with Gasteiger partial charge in [0, 0.05) is 5.56 Å². The van der Waals surface area contributed by atoms with Crippen molar-refractivity contribution in [3.8, 4) is 5.75 Å². The highest BCUT2D eigenvalue weighted by Gasteiger charge is 1.92. The highest BCUT2D eigenvalue weighted by Crippen LogP contribution is 2.12. The number of phenolic OH excluding ortho intramolecular Hbond substituents is 1. The second-order valence-electron chi connectivity index (χ2n) is 1.80. The van der Waals surface area contributed by atoms with Gasteiger partial charge in [0.15, 0.2) is 0 Å². The van der Waals surface area contributed by atoms with Crippen molar-refractivity contribution in [2.45, 2.75) is 13.8 Å². The molecule has 0 saturated heterocycles. The summed E-state index contributed by atoms with van der Waals surface area (Å²) in [6.45, 7) is 4.00. The van der Waals surface area contributed by atoms with E-state index >= 15 is 0 Å². The van der Waals surface area contributed by atoms with Crippen molar-refractivity contribution in [1.82, 2.24) is 0 Å². The van der Waals surface area contributed by atoms with Crippen LogP contribution in [0.15, 0.2) is 29.4 Å². The second-order valence-corrected chi connectivity index (χ2v) is 1.80. The van der Waals surface area contributed by atoms with Gasteiger partial charge in [0.2, 0.25) is 0 Å². The van der Waals surface area contributed by atoms with Crippen LogP contribution in [0.5, 0.6) is 5.75 Å². The summed E-state index contributed by atoms with van der Waals surface area (Å²) in [7, 11) is 0. The minimum absolute atomic E-state index is 0.111. The maximum atomic E-state index is 9.04. The fourth-order valence-corrected chi connectivity index (χ4v) is 0.659. The van der Waals surface area contributed by atoms with Gasteiger partial charge in [-0.05, 0) is 12.1 Å². The number of hydrogen-bond donors (Lipinski definition) is 2. The maximum Gasteiger partial charge on any atom is 0.124 e. The van der Waals surface area contributed by atoms with Gasteiger partial charge in [0.1, 0.15) is 5.75 Å². The molecule has 0 unspecified atom stereocenters. The molecule has 66 valence electrons. The van der Waals surface area contributed by atoms with Gasteiger partial charge in [-0.1, -0.05) is 31.1 Å². The van der Waals surface area contributed by atoms with Crippen LogP contribution in [0.25, 0.3) is 0 Å². The molecule has 0 aliphatic carbocycles. The van der Waals surface area contributed by atoms with Crippen molar-refractivity contribution in [3.05, 3.63) is 29.8 Å². The van der Waals surface area contributed by atoms with Crippen LogP contribution in [0, 0.1) is 0 Å². The van der Waals surface area contributed by atoms with E-state index in [0.29, 0.717) is 5.56 Å². The molecule has 3 nitrogen and oxygen atoms in total. The average Bonchev–Trinajstić information content (AvgIpc) is 2.13. The SMILES string of the molecule is CC.O/N=C\c1ccccc1O. The van der Waals surface area contributed by atoms with Gasteiger partial charge >= 0.3 is 0 Å². The number of benzene rings is 1. The Morgan fingerprint density at radius 2 is 1.83 bits per heavy atom. The van der Waals surface area contributed by atoms with E-state index < -0.39 is 0 Å². The number of rotatable bonds is 1. The number of para-hydroxylation sites is 1. The second kappa shape index (κ2) is 6.22. The number of hydrogen-bond acceptors (Lipinski definition) is 3. The monoisotopic (exact) mass is 167 g/mol. The Morgan fingerprint density at radius 1 is 1.25 bits per heavy atom. The van der Waals surface area contributed by atoms with Crippen LogP contribution in [-0.2, 0) is 0 Å². The van der Waals surface area contributed by atoms with E-state index in [1.807, 2.05) is 13.8 Å². The first-order valence-electron chi connectivity index (χ1n) is 3.80. The van der Waals surface area contributed by atoms with Crippen molar-refractivity contribution >= 4 is 6.21 Å². The fraction of sp³-hybridized carbons (Fsp3) is 0.222. The van der Waals surface area contributed by atoms with Crippen molar-refractivity contribution in [3.63, 3.8) is 0 Å². The predicted molar refractivity (Wildman–Crippen MR) is 48.8 cm³/mol. The minimum atomic E-state index is 0.111. The van der Waals surface area contributed by atoms with Crippen LogP contribution in [-0.4, -0.2) is 16.5 Å². The zero-order chi connectivity index (χ0) is 9.40.